The number of halogens is 1. The van der Waals surface area contributed by atoms with Gasteiger partial charge in [0.1, 0.15) is 0 Å². The van der Waals surface area contributed by atoms with E-state index in [0.717, 1.165) is 24.2 Å². The number of benzene rings is 1. The minimum atomic E-state index is -0.134. The molecule has 108 valence electrons. The molecule has 1 amide bonds. The van der Waals surface area contributed by atoms with Crippen molar-refractivity contribution >= 4 is 28.9 Å². The fourth-order valence-corrected chi connectivity index (χ4v) is 2.39. The van der Waals surface area contributed by atoms with Gasteiger partial charge in [-0.15, -0.1) is 0 Å². The minimum absolute atomic E-state index is 0.134. The first-order valence-corrected chi connectivity index (χ1v) is 7.37. The SMILES string of the molecule is CC1CCCCC1=NNC(=O)CNc1ccc(Cl)cc1. The molecule has 0 heterocycles. The van der Waals surface area contributed by atoms with Crippen LogP contribution in [-0.4, -0.2) is 18.2 Å². The number of anilines is 1. The van der Waals surface area contributed by atoms with Crippen molar-refractivity contribution in [1.82, 2.24) is 5.43 Å². The number of carbonyl (C=O) groups is 1. The Kier molecular flexibility index (Phi) is 5.41. The maximum Gasteiger partial charge on any atom is 0.259 e. The molecule has 0 bridgehead atoms. The van der Waals surface area contributed by atoms with E-state index < -0.39 is 0 Å². The van der Waals surface area contributed by atoms with Gasteiger partial charge in [0.15, 0.2) is 0 Å². The maximum absolute atomic E-state index is 11.7. The number of hydrogen-bond acceptors (Lipinski definition) is 3. The fourth-order valence-electron chi connectivity index (χ4n) is 2.26. The predicted octanol–water partition coefficient (Wildman–Crippen LogP) is 3.43. The van der Waals surface area contributed by atoms with E-state index in [0.29, 0.717) is 10.9 Å². The second-order valence-corrected chi connectivity index (χ2v) is 5.58. The molecule has 1 atom stereocenters. The molecular formula is C15H20ClN3O. The monoisotopic (exact) mass is 293 g/mol. The minimum Gasteiger partial charge on any atom is -0.376 e. The number of hydrazone groups is 1. The first kappa shape index (κ1) is 14.9. The van der Waals surface area contributed by atoms with E-state index in [1.165, 1.54) is 12.8 Å². The number of rotatable bonds is 4. The summed E-state index contributed by atoms with van der Waals surface area (Å²) >= 11 is 5.80. The van der Waals surface area contributed by atoms with Gasteiger partial charge in [-0.25, -0.2) is 5.43 Å². The molecule has 1 aliphatic rings. The number of nitrogens with zero attached hydrogens (tertiary/aromatic N) is 1. The van der Waals surface area contributed by atoms with Gasteiger partial charge in [-0.05, 0) is 49.4 Å². The topological polar surface area (TPSA) is 53.5 Å². The summed E-state index contributed by atoms with van der Waals surface area (Å²) in [6.07, 6.45) is 4.58. The van der Waals surface area contributed by atoms with E-state index in [1.54, 1.807) is 12.1 Å². The van der Waals surface area contributed by atoms with Crippen molar-refractivity contribution in [2.24, 2.45) is 11.0 Å². The molecule has 0 aliphatic heterocycles. The first-order valence-electron chi connectivity index (χ1n) is 7.00. The summed E-state index contributed by atoms with van der Waals surface area (Å²) < 4.78 is 0. The lowest BCUT2D eigenvalue weighted by Gasteiger charge is -2.19. The van der Waals surface area contributed by atoms with Crippen molar-refractivity contribution < 1.29 is 4.79 Å². The normalized spacial score (nSPS) is 20.7. The van der Waals surface area contributed by atoms with Crippen LogP contribution in [0.1, 0.15) is 32.6 Å². The highest BCUT2D eigenvalue weighted by Gasteiger charge is 2.15. The van der Waals surface area contributed by atoms with Crippen LogP contribution in [0.4, 0.5) is 5.69 Å². The summed E-state index contributed by atoms with van der Waals surface area (Å²) in [5.74, 6) is 0.346. The summed E-state index contributed by atoms with van der Waals surface area (Å²) in [5, 5.41) is 7.96. The van der Waals surface area contributed by atoms with Crippen LogP contribution < -0.4 is 10.7 Å². The van der Waals surface area contributed by atoms with E-state index in [2.05, 4.69) is 22.8 Å². The molecule has 1 aromatic carbocycles. The van der Waals surface area contributed by atoms with Gasteiger partial charge in [0.25, 0.3) is 5.91 Å². The Labute approximate surface area is 124 Å². The Bertz CT molecular complexity index is 484. The molecule has 0 saturated heterocycles. The van der Waals surface area contributed by atoms with Gasteiger partial charge in [0.2, 0.25) is 0 Å². The molecule has 1 fully saturated rings. The van der Waals surface area contributed by atoms with Crippen LogP contribution in [0.25, 0.3) is 0 Å². The number of carbonyl (C=O) groups excluding carboxylic acids is 1. The molecular weight excluding hydrogens is 274 g/mol. The molecule has 2 N–H and O–H groups in total. The second-order valence-electron chi connectivity index (χ2n) is 5.15. The highest BCUT2D eigenvalue weighted by Crippen LogP contribution is 2.20. The maximum atomic E-state index is 11.7. The quantitative estimate of drug-likeness (QED) is 0.836. The Morgan fingerprint density at radius 1 is 1.35 bits per heavy atom. The number of nitrogens with one attached hydrogen (secondary N) is 2. The molecule has 20 heavy (non-hydrogen) atoms. The lowest BCUT2D eigenvalue weighted by atomic mass is 9.89. The predicted molar refractivity (Wildman–Crippen MR) is 83.2 cm³/mol. The average molecular weight is 294 g/mol. The van der Waals surface area contributed by atoms with E-state index in [9.17, 15) is 4.79 Å². The van der Waals surface area contributed by atoms with Crippen LogP contribution in [0.15, 0.2) is 29.4 Å². The Balaban J connectivity index is 1.77. The van der Waals surface area contributed by atoms with E-state index in [-0.39, 0.29) is 12.5 Å². The van der Waals surface area contributed by atoms with Gasteiger partial charge < -0.3 is 5.32 Å². The van der Waals surface area contributed by atoms with Crippen molar-refractivity contribution in [1.29, 1.82) is 0 Å². The third kappa shape index (κ3) is 4.53. The van der Waals surface area contributed by atoms with Gasteiger partial charge in [0, 0.05) is 16.4 Å². The van der Waals surface area contributed by atoms with E-state index in [1.807, 2.05) is 12.1 Å². The highest BCUT2D eigenvalue weighted by atomic mass is 35.5. The zero-order valence-corrected chi connectivity index (χ0v) is 12.4. The summed E-state index contributed by atoms with van der Waals surface area (Å²) in [6.45, 7) is 2.36. The van der Waals surface area contributed by atoms with Gasteiger partial charge in [-0.1, -0.05) is 24.9 Å². The Morgan fingerprint density at radius 2 is 2.10 bits per heavy atom. The third-order valence-corrected chi connectivity index (χ3v) is 3.76. The first-order chi connectivity index (χ1) is 9.65. The van der Waals surface area contributed by atoms with Crippen molar-refractivity contribution in [3.05, 3.63) is 29.3 Å². The third-order valence-electron chi connectivity index (χ3n) is 3.51. The molecule has 1 aliphatic carbocycles. The molecule has 0 aromatic heterocycles. The van der Waals surface area contributed by atoms with E-state index in [4.69, 9.17) is 11.6 Å². The van der Waals surface area contributed by atoms with Crippen LogP contribution in [0.5, 0.6) is 0 Å². The number of amides is 1. The largest absolute Gasteiger partial charge is 0.376 e. The van der Waals surface area contributed by atoms with Crippen LogP contribution in [0.3, 0.4) is 0 Å². The second kappa shape index (κ2) is 7.29. The van der Waals surface area contributed by atoms with Gasteiger partial charge in [0.05, 0.1) is 6.54 Å². The molecule has 5 heteroatoms. The molecule has 2 rings (SSSR count). The zero-order chi connectivity index (χ0) is 14.4. The van der Waals surface area contributed by atoms with Gasteiger partial charge in [-0.3, -0.25) is 4.79 Å². The Hall–Kier alpha value is -1.55. The standard InChI is InChI=1S/C15H20ClN3O/c1-11-4-2-3-5-14(11)18-19-15(20)10-17-13-8-6-12(16)7-9-13/h6-9,11,17H,2-5,10H2,1H3,(H,19,20). The lowest BCUT2D eigenvalue weighted by Crippen LogP contribution is -2.28. The van der Waals surface area contributed by atoms with Crippen LogP contribution >= 0.6 is 11.6 Å². The molecule has 1 saturated carbocycles. The lowest BCUT2D eigenvalue weighted by molar-refractivity contribution is -0.119. The fraction of sp³-hybridized carbons (Fsp3) is 0.467. The molecule has 1 unspecified atom stereocenters. The average Bonchev–Trinajstić information content (AvgIpc) is 2.46. The van der Waals surface area contributed by atoms with Crippen molar-refractivity contribution in [2.75, 3.05) is 11.9 Å². The number of hydrogen-bond donors (Lipinski definition) is 2. The van der Waals surface area contributed by atoms with Crippen LogP contribution in [-0.2, 0) is 4.79 Å². The van der Waals surface area contributed by atoms with Crippen LogP contribution in [0.2, 0.25) is 5.02 Å². The molecule has 4 nitrogen and oxygen atoms in total. The van der Waals surface area contributed by atoms with Crippen molar-refractivity contribution in [3.63, 3.8) is 0 Å². The molecule has 0 radical (unpaired) electrons. The summed E-state index contributed by atoms with van der Waals surface area (Å²) in [7, 11) is 0. The summed E-state index contributed by atoms with van der Waals surface area (Å²) in [5.41, 5.74) is 4.60. The van der Waals surface area contributed by atoms with Crippen molar-refractivity contribution in [2.45, 2.75) is 32.6 Å². The Morgan fingerprint density at radius 3 is 2.80 bits per heavy atom. The zero-order valence-electron chi connectivity index (χ0n) is 11.7. The van der Waals surface area contributed by atoms with Gasteiger partial charge in [-0.2, -0.15) is 5.10 Å². The van der Waals surface area contributed by atoms with Crippen LogP contribution in [0, 0.1) is 5.92 Å². The molecule has 1 aromatic rings. The summed E-state index contributed by atoms with van der Waals surface area (Å²) in [6, 6.07) is 7.24. The van der Waals surface area contributed by atoms with Gasteiger partial charge >= 0.3 is 0 Å². The summed E-state index contributed by atoms with van der Waals surface area (Å²) in [4.78, 5) is 11.7. The van der Waals surface area contributed by atoms with E-state index >= 15 is 0 Å². The molecule has 0 spiro atoms. The smallest absolute Gasteiger partial charge is 0.259 e. The highest BCUT2D eigenvalue weighted by molar-refractivity contribution is 6.30. The van der Waals surface area contributed by atoms with Crippen molar-refractivity contribution in [3.8, 4) is 0 Å².